The lowest BCUT2D eigenvalue weighted by Gasteiger charge is -2.49. The molecule has 0 spiro atoms. The van der Waals surface area contributed by atoms with Gasteiger partial charge in [-0.15, -0.1) is 0 Å². The molecule has 1 aliphatic heterocycles. The second-order valence-electron chi connectivity index (χ2n) is 16.2. The van der Waals surface area contributed by atoms with Crippen molar-refractivity contribution in [3.63, 3.8) is 0 Å². The molecule has 318 valence electrons. The van der Waals surface area contributed by atoms with Crippen molar-refractivity contribution >= 4 is 17.7 Å². The van der Waals surface area contributed by atoms with Crippen LogP contribution in [0.2, 0.25) is 0 Å². The quantitative estimate of drug-likeness (QED) is 0.0325. The number of unbranched alkanes of at least 4 members (excludes halogenated alkanes) is 24. The minimum absolute atomic E-state index is 0.000412. The Balaban J connectivity index is 2.74. The zero-order valence-electron chi connectivity index (χ0n) is 34.6. The molecule has 1 heterocycles. The van der Waals surface area contributed by atoms with E-state index in [0.29, 0.717) is 19.4 Å². The van der Waals surface area contributed by atoms with E-state index in [2.05, 4.69) is 24.5 Å². The summed E-state index contributed by atoms with van der Waals surface area (Å²) >= 11 is 0. The van der Waals surface area contributed by atoms with Crippen molar-refractivity contribution in [3.8, 4) is 0 Å². The van der Waals surface area contributed by atoms with Crippen LogP contribution >= 0.6 is 0 Å². The van der Waals surface area contributed by atoms with Gasteiger partial charge in [-0.3, -0.25) is 14.4 Å². The first-order chi connectivity index (χ1) is 26.1. The first-order valence-electron chi connectivity index (χ1n) is 22.4. The van der Waals surface area contributed by atoms with E-state index in [9.17, 15) is 29.7 Å². The highest BCUT2D eigenvalue weighted by molar-refractivity contribution is 5.85. The second-order valence-corrected chi connectivity index (χ2v) is 16.2. The molecular weight excluding hydrogens is 684 g/mol. The van der Waals surface area contributed by atoms with Crippen LogP contribution in [-0.4, -0.2) is 76.3 Å². The van der Waals surface area contributed by atoms with Gasteiger partial charge in [0.2, 0.25) is 17.7 Å². The average molecular weight is 769 g/mol. The van der Waals surface area contributed by atoms with E-state index in [-0.39, 0.29) is 25.2 Å². The molecule has 1 saturated heterocycles. The Morgan fingerprint density at radius 3 is 1.52 bits per heavy atom. The van der Waals surface area contributed by atoms with Crippen LogP contribution in [0.5, 0.6) is 0 Å². The van der Waals surface area contributed by atoms with Crippen LogP contribution in [0.3, 0.4) is 0 Å². The summed E-state index contributed by atoms with van der Waals surface area (Å²) in [6, 6.07) is -1.11. The van der Waals surface area contributed by atoms with Gasteiger partial charge in [0.25, 0.3) is 0 Å². The second kappa shape index (κ2) is 32.3. The van der Waals surface area contributed by atoms with Gasteiger partial charge in [0.05, 0.1) is 24.7 Å². The van der Waals surface area contributed by atoms with Crippen LogP contribution in [0.25, 0.3) is 0 Å². The van der Waals surface area contributed by atoms with E-state index >= 15 is 0 Å². The number of rotatable bonds is 36. The maximum absolute atomic E-state index is 14.0. The zero-order valence-corrected chi connectivity index (χ0v) is 34.6. The summed E-state index contributed by atoms with van der Waals surface area (Å²) in [6.45, 7) is 4.34. The maximum atomic E-state index is 14.0. The van der Waals surface area contributed by atoms with Crippen molar-refractivity contribution in [2.75, 3.05) is 13.2 Å². The number of ether oxygens (including phenoxy) is 1. The summed E-state index contributed by atoms with van der Waals surface area (Å²) in [5.74, 6) is -2.46. The fourth-order valence-corrected chi connectivity index (χ4v) is 7.75. The predicted molar refractivity (Wildman–Crippen MR) is 218 cm³/mol. The van der Waals surface area contributed by atoms with Gasteiger partial charge in [0.15, 0.2) is 5.72 Å². The minimum atomic E-state index is -1.72. The lowest BCUT2D eigenvalue weighted by molar-refractivity contribution is -0.250. The first kappa shape index (κ1) is 50.2. The third kappa shape index (κ3) is 22.7. The summed E-state index contributed by atoms with van der Waals surface area (Å²) in [7, 11) is 0. The highest BCUT2D eigenvalue weighted by Gasteiger charge is 2.53. The van der Waals surface area contributed by atoms with Crippen LogP contribution in [0.4, 0.5) is 0 Å². The van der Waals surface area contributed by atoms with Crippen LogP contribution in [0, 0.1) is 5.92 Å². The van der Waals surface area contributed by atoms with Crippen molar-refractivity contribution in [2.24, 2.45) is 17.4 Å². The largest absolute Gasteiger partial charge is 0.394 e. The Hall–Kier alpha value is -1.79. The number of hydrogen-bond donors (Lipinski definition) is 7. The number of carbonyl (C=O) groups is 3. The molecule has 1 unspecified atom stereocenters. The SMILES string of the molecule is CCCCCCCCCCCCCCCCCCNC(=O)C(CCCCCCCCCCCC)[C@]1(NC(=O)[C@@H](N)CCC(N)=O)C[C@@H](O)[C@H](O)[C@@H](CO)O1. The molecule has 0 radical (unpaired) electrons. The molecule has 0 aromatic carbocycles. The van der Waals surface area contributed by atoms with Crippen molar-refractivity contribution in [1.82, 2.24) is 10.6 Å². The molecule has 9 N–H and O–H groups in total. The Kier molecular flexibility index (Phi) is 30.1. The Bertz CT molecular complexity index is 957. The number of nitrogens with two attached hydrogens (primary N) is 2. The highest BCUT2D eigenvalue weighted by atomic mass is 16.6. The zero-order chi connectivity index (χ0) is 39.9. The van der Waals surface area contributed by atoms with Gasteiger partial charge < -0.3 is 42.2 Å². The summed E-state index contributed by atoms with van der Waals surface area (Å²) in [5.41, 5.74) is 9.68. The van der Waals surface area contributed by atoms with Crippen LogP contribution in [0.1, 0.15) is 206 Å². The topological polar surface area (TPSA) is 197 Å². The molecule has 1 fully saturated rings. The fourth-order valence-electron chi connectivity index (χ4n) is 7.75. The van der Waals surface area contributed by atoms with Crippen LogP contribution in [0.15, 0.2) is 0 Å². The van der Waals surface area contributed by atoms with Crippen molar-refractivity contribution in [2.45, 2.75) is 237 Å². The molecule has 0 aromatic heterocycles. The van der Waals surface area contributed by atoms with Gasteiger partial charge in [0.1, 0.15) is 12.2 Å². The van der Waals surface area contributed by atoms with Crippen molar-refractivity contribution in [1.29, 1.82) is 0 Å². The first-order valence-corrected chi connectivity index (χ1v) is 22.4. The molecular formula is C43H84N4O7. The summed E-state index contributed by atoms with van der Waals surface area (Å²) in [5, 5.41) is 37.5. The predicted octanol–water partition coefficient (Wildman–Crippen LogP) is 7.20. The number of amides is 3. The van der Waals surface area contributed by atoms with E-state index in [4.69, 9.17) is 16.2 Å². The van der Waals surface area contributed by atoms with Gasteiger partial charge in [0, 0.05) is 19.4 Å². The van der Waals surface area contributed by atoms with Crippen LogP contribution < -0.4 is 22.1 Å². The maximum Gasteiger partial charge on any atom is 0.239 e. The number of carbonyl (C=O) groups excluding carboxylic acids is 3. The Morgan fingerprint density at radius 1 is 0.667 bits per heavy atom. The molecule has 0 saturated carbocycles. The normalized spacial score (nSPS) is 21.1. The Morgan fingerprint density at radius 2 is 1.09 bits per heavy atom. The molecule has 11 heteroatoms. The van der Waals surface area contributed by atoms with E-state index < -0.39 is 54.4 Å². The van der Waals surface area contributed by atoms with Crippen molar-refractivity contribution in [3.05, 3.63) is 0 Å². The molecule has 0 aromatic rings. The Labute approximate surface area is 329 Å². The third-order valence-corrected chi connectivity index (χ3v) is 11.3. The van der Waals surface area contributed by atoms with Gasteiger partial charge >= 0.3 is 0 Å². The molecule has 54 heavy (non-hydrogen) atoms. The van der Waals surface area contributed by atoms with Crippen molar-refractivity contribution < 1.29 is 34.4 Å². The molecule has 11 nitrogen and oxygen atoms in total. The lowest BCUT2D eigenvalue weighted by atomic mass is 9.80. The molecule has 1 aliphatic rings. The molecule has 3 amide bonds. The van der Waals surface area contributed by atoms with Crippen LogP contribution in [-0.2, 0) is 19.1 Å². The van der Waals surface area contributed by atoms with Gasteiger partial charge in [-0.05, 0) is 19.3 Å². The number of aliphatic hydroxyl groups excluding tert-OH is 3. The van der Waals surface area contributed by atoms with E-state index in [1.54, 1.807) is 0 Å². The van der Waals surface area contributed by atoms with Gasteiger partial charge in [-0.2, -0.15) is 0 Å². The van der Waals surface area contributed by atoms with Gasteiger partial charge in [-0.25, -0.2) is 0 Å². The summed E-state index contributed by atoms with van der Waals surface area (Å²) in [6.07, 6.45) is 27.5. The molecule has 0 bridgehead atoms. The molecule has 0 aliphatic carbocycles. The monoisotopic (exact) mass is 769 g/mol. The fraction of sp³-hybridized carbons (Fsp3) is 0.930. The molecule has 6 atom stereocenters. The lowest BCUT2D eigenvalue weighted by Crippen LogP contribution is -2.69. The van der Waals surface area contributed by atoms with E-state index in [1.807, 2.05) is 0 Å². The number of nitrogens with one attached hydrogen (secondary N) is 2. The summed E-state index contributed by atoms with van der Waals surface area (Å²) < 4.78 is 6.21. The van der Waals surface area contributed by atoms with Gasteiger partial charge in [-0.1, -0.05) is 174 Å². The highest BCUT2D eigenvalue weighted by Crippen LogP contribution is 2.37. The number of primary amides is 1. The minimum Gasteiger partial charge on any atom is -0.394 e. The summed E-state index contributed by atoms with van der Waals surface area (Å²) in [4.78, 5) is 38.8. The van der Waals surface area contributed by atoms with E-state index in [1.165, 1.54) is 122 Å². The third-order valence-electron chi connectivity index (χ3n) is 11.3. The molecule has 1 rings (SSSR count). The standard InChI is InChI=1S/C43H84N4O7/c1-3-5-7-9-11-13-15-16-17-18-19-20-22-24-26-28-32-46-41(52)35(29-27-25-23-21-14-12-10-8-6-4-2)43(33-37(49)40(51)38(34-48)54-43)47-42(53)36(44)30-31-39(45)50/h35-38,40,48-49,51H,3-34,44H2,1-2H3,(H2,45,50)(H,46,52)(H,47,53)/t35?,36-,37+,38+,40-,43-/m0/s1. The van der Waals surface area contributed by atoms with E-state index in [0.717, 1.165) is 38.5 Å². The average Bonchev–Trinajstić information content (AvgIpc) is 3.15. The number of aliphatic hydroxyl groups is 3. The number of hydrogen-bond acceptors (Lipinski definition) is 8. The smallest absolute Gasteiger partial charge is 0.239 e.